The van der Waals surface area contributed by atoms with Gasteiger partial charge in [-0.1, -0.05) is 12.1 Å². The summed E-state index contributed by atoms with van der Waals surface area (Å²) < 4.78 is 0. The molecule has 0 unspecified atom stereocenters. The van der Waals surface area contributed by atoms with E-state index in [1.165, 1.54) is 12.1 Å². The summed E-state index contributed by atoms with van der Waals surface area (Å²) in [5.74, 6) is -0.845. The number of halogens is 1. The number of carbonyl (C=O) groups excluding carboxylic acids is 2. The van der Waals surface area contributed by atoms with Crippen molar-refractivity contribution in [2.45, 2.75) is 0 Å². The van der Waals surface area contributed by atoms with Crippen LogP contribution < -0.4 is 5.32 Å². The van der Waals surface area contributed by atoms with Crippen LogP contribution in [0.5, 0.6) is 5.75 Å². The molecule has 2 aromatic rings. The third kappa shape index (κ3) is 1.54. The van der Waals surface area contributed by atoms with Gasteiger partial charge in [-0.3, -0.25) is 14.9 Å². The average molecular weight is 250 g/mol. The molecule has 0 saturated heterocycles. The quantitative estimate of drug-likeness (QED) is 0.701. The molecule has 0 saturated carbocycles. The summed E-state index contributed by atoms with van der Waals surface area (Å²) in [6.45, 7) is 0. The number of hydrogen-bond acceptors (Lipinski definition) is 3. The monoisotopic (exact) mass is 249 g/mol. The van der Waals surface area contributed by atoms with Gasteiger partial charge in [0.05, 0.1) is 5.56 Å². The highest BCUT2D eigenvalue weighted by Crippen LogP contribution is 2.29. The molecule has 0 aromatic heterocycles. The first kappa shape index (κ1) is 11.4. The predicted octanol–water partition coefficient (Wildman–Crippen LogP) is 1.85. The van der Waals surface area contributed by atoms with E-state index in [4.69, 9.17) is 0 Å². The maximum absolute atomic E-state index is 11.6. The van der Waals surface area contributed by atoms with Gasteiger partial charge in [0.1, 0.15) is 5.75 Å². The largest absolute Gasteiger partial charge is 0.508 e. The van der Waals surface area contributed by atoms with Crippen molar-refractivity contribution in [1.82, 2.24) is 5.32 Å². The van der Waals surface area contributed by atoms with Gasteiger partial charge in [-0.05, 0) is 23.6 Å². The van der Waals surface area contributed by atoms with E-state index in [1.54, 1.807) is 18.2 Å². The summed E-state index contributed by atoms with van der Waals surface area (Å²) in [6, 6.07) is 8.04. The molecule has 2 aromatic carbocycles. The van der Waals surface area contributed by atoms with Gasteiger partial charge in [0.25, 0.3) is 11.8 Å². The summed E-state index contributed by atoms with van der Waals surface area (Å²) in [5.41, 5.74) is 0.803. The van der Waals surface area contributed by atoms with Crippen molar-refractivity contribution in [3.05, 3.63) is 41.5 Å². The molecule has 0 radical (unpaired) electrons. The fourth-order valence-corrected chi connectivity index (χ4v) is 2.02. The summed E-state index contributed by atoms with van der Waals surface area (Å²) in [7, 11) is 0. The number of hydrogen-bond donors (Lipinski definition) is 2. The van der Waals surface area contributed by atoms with Gasteiger partial charge in [-0.25, -0.2) is 0 Å². The lowest BCUT2D eigenvalue weighted by Gasteiger charge is -2.16. The summed E-state index contributed by atoms with van der Waals surface area (Å²) in [5, 5.41) is 13.0. The van der Waals surface area contributed by atoms with Crippen LogP contribution in [-0.2, 0) is 0 Å². The summed E-state index contributed by atoms with van der Waals surface area (Å²) in [4.78, 5) is 23.2. The molecule has 0 fully saturated rings. The number of amides is 2. The Morgan fingerprint density at radius 2 is 1.71 bits per heavy atom. The normalized spacial score (nSPS) is 13.2. The molecule has 2 amide bonds. The molecule has 1 aliphatic heterocycles. The van der Waals surface area contributed by atoms with Crippen LogP contribution in [0.4, 0.5) is 0 Å². The highest BCUT2D eigenvalue weighted by atomic mass is 35.5. The van der Waals surface area contributed by atoms with Crippen LogP contribution in [0.3, 0.4) is 0 Å². The highest BCUT2D eigenvalue weighted by Gasteiger charge is 2.24. The second kappa shape index (κ2) is 3.75. The van der Waals surface area contributed by atoms with Gasteiger partial charge in [0.2, 0.25) is 0 Å². The number of phenolic OH excluding ortho intramolecular Hbond substituents is 1. The zero-order valence-corrected chi connectivity index (χ0v) is 9.38. The number of aromatic hydroxyl groups is 1. The molecule has 5 heteroatoms. The van der Waals surface area contributed by atoms with Gasteiger partial charge in [-0.15, -0.1) is 12.4 Å². The van der Waals surface area contributed by atoms with Gasteiger partial charge in [-0.2, -0.15) is 0 Å². The summed E-state index contributed by atoms with van der Waals surface area (Å²) in [6.07, 6.45) is 0. The third-order valence-corrected chi connectivity index (χ3v) is 2.68. The Bertz CT molecular complexity index is 651. The molecule has 0 atom stereocenters. The molecular weight excluding hydrogens is 242 g/mol. The van der Waals surface area contributed by atoms with Crippen molar-refractivity contribution in [3.63, 3.8) is 0 Å². The standard InChI is InChI=1S/C12H7NO3.ClH/c14-7-4-6-2-1-3-8-10(6)9(5-7)12(16)13-11(8)15;/h1-5,14H,(H,13,15,16);1H. The van der Waals surface area contributed by atoms with Gasteiger partial charge in [0.15, 0.2) is 0 Å². The molecule has 86 valence electrons. The number of benzene rings is 2. The van der Waals surface area contributed by atoms with E-state index in [1.807, 2.05) is 0 Å². The molecule has 0 bridgehead atoms. The lowest BCUT2D eigenvalue weighted by atomic mass is 9.95. The minimum absolute atomic E-state index is 0. The van der Waals surface area contributed by atoms with Crippen LogP contribution >= 0.6 is 12.4 Å². The zero-order valence-electron chi connectivity index (χ0n) is 8.56. The molecule has 1 heterocycles. The smallest absolute Gasteiger partial charge is 0.258 e. The SMILES string of the molecule is Cl.O=C1NC(=O)c2cc(O)cc3cccc1c23. The number of rotatable bonds is 0. The first-order valence-electron chi connectivity index (χ1n) is 4.78. The van der Waals surface area contributed by atoms with E-state index in [0.29, 0.717) is 21.9 Å². The first-order valence-corrected chi connectivity index (χ1v) is 4.78. The second-order valence-electron chi connectivity index (χ2n) is 3.68. The second-order valence-corrected chi connectivity index (χ2v) is 3.68. The molecule has 0 aliphatic carbocycles. The van der Waals surface area contributed by atoms with E-state index in [0.717, 1.165) is 0 Å². The summed E-state index contributed by atoms with van der Waals surface area (Å²) >= 11 is 0. The number of nitrogens with one attached hydrogen (secondary N) is 1. The first-order chi connectivity index (χ1) is 7.66. The van der Waals surface area contributed by atoms with E-state index >= 15 is 0 Å². The Balaban J connectivity index is 0.00000108. The van der Waals surface area contributed by atoms with Crippen LogP contribution in [0.2, 0.25) is 0 Å². The maximum Gasteiger partial charge on any atom is 0.258 e. The lowest BCUT2D eigenvalue weighted by Crippen LogP contribution is -2.34. The maximum atomic E-state index is 11.6. The minimum Gasteiger partial charge on any atom is -0.508 e. The van der Waals surface area contributed by atoms with Gasteiger partial charge in [0, 0.05) is 10.9 Å². The zero-order chi connectivity index (χ0) is 11.3. The van der Waals surface area contributed by atoms with Crippen molar-refractivity contribution >= 4 is 35.0 Å². The molecule has 3 rings (SSSR count). The van der Waals surface area contributed by atoms with Crippen molar-refractivity contribution in [2.24, 2.45) is 0 Å². The van der Waals surface area contributed by atoms with Crippen molar-refractivity contribution < 1.29 is 14.7 Å². The Hall–Kier alpha value is -2.07. The van der Waals surface area contributed by atoms with Crippen molar-refractivity contribution in [2.75, 3.05) is 0 Å². The lowest BCUT2D eigenvalue weighted by molar-refractivity contribution is 0.0844. The van der Waals surface area contributed by atoms with E-state index < -0.39 is 11.8 Å². The minimum atomic E-state index is -0.468. The molecule has 17 heavy (non-hydrogen) atoms. The van der Waals surface area contributed by atoms with Gasteiger partial charge < -0.3 is 5.11 Å². The van der Waals surface area contributed by atoms with Crippen molar-refractivity contribution in [1.29, 1.82) is 0 Å². The Morgan fingerprint density at radius 3 is 2.47 bits per heavy atom. The molecule has 4 nitrogen and oxygen atoms in total. The van der Waals surface area contributed by atoms with E-state index in [9.17, 15) is 14.7 Å². The van der Waals surface area contributed by atoms with E-state index in [2.05, 4.69) is 5.32 Å². The fourth-order valence-electron chi connectivity index (χ4n) is 2.02. The van der Waals surface area contributed by atoms with Crippen LogP contribution in [0.1, 0.15) is 20.7 Å². The highest BCUT2D eigenvalue weighted by molar-refractivity contribution is 6.25. The molecule has 0 spiro atoms. The molecular formula is C12H8ClNO3. The number of imide groups is 1. The van der Waals surface area contributed by atoms with Gasteiger partial charge >= 0.3 is 0 Å². The predicted molar refractivity (Wildman–Crippen MR) is 64.7 cm³/mol. The Labute approximate surface area is 103 Å². The van der Waals surface area contributed by atoms with Crippen molar-refractivity contribution in [3.8, 4) is 5.75 Å². The molecule has 2 N–H and O–H groups in total. The van der Waals surface area contributed by atoms with Crippen LogP contribution in [0, 0.1) is 0 Å². The van der Waals surface area contributed by atoms with E-state index in [-0.39, 0.29) is 18.2 Å². The van der Waals surface area contributed by atoms with Crippen LogP contribution in [-0.4, -0.2) is 16.9 Å². The van der Waals surface area contributed by atoms with Crippen LogP contribution in [0.15, 0.2) is 30.3 Å². The topological polar surface area (TPSA) is 66.4 Å². The Kier molecular flexibility index (Phi) is 2.52. The number of carbonyl (C=O) groups is 2. The number of phenols is 1. The fraction of sp³-hybridized carbons (Fsp3) is 0. The third-order valence-electron chi connectivity index (χ3n) is 2.68. The average Bonchev–Trinajstić information content (AvgIpc) is 2.25. The Morgan fingerprint density at radius 1 is 1.00 bits per heavy atom. The van der Waals surface area contributed by atoms with Crippen LogP contribution in [0.25, 0.3) is 10.8 Å². The molecule has 1 aliphatic rings.